The number of hydrogen-bond acceptors (Lipinski definition) is 3. The van der Waals surface area contributed by atoms with E-state index in [4.69, 9.17) is 5.11 Å². The molecule has 0 spiro atoms. The molecule has 0 amide bonds. The summed E-state index contributed by atoms with van der Waals surface area (Å²) in [5.41, 5.74) is 1.13. The van der Waals surface area contributed by atoms with E-state index in [1.807, 2.05) is 24.3 Å². The summed E-state index contributed by atoms with van der Waals surface area (Å²) >= 11 is 0. The van der Waals surface area contributed by atoms with Gasteiger partial charge in [0.25, 0.3) is 0 Å². The summed E-state index contributed by atoms with van der Waals surface area (Å²) in [6, 6.07) is 7.47. The first kappa shape index (κ1) is 11.9. The number of benzene rings is 1. The van der Waals surface area contributed by atoms with Gasteiger partial charge in [0, 0.05) is 12.2 Å². The zero-order chi connectivity index (χ0) is 12.3. The van der Waals surface area contributed by atoms with Gasteiger partial charge in [-0.1, -0.05) is 18.6 Å². The molecule has 0 radical (unpaired) electrons. The lowest BCUT2D eigenvalue weighted by atomic mass is 9.64. The van der Waals surface area contributed by atoms with Gasteiger partial charge < -0.3 is 15.5 Å². The van der Waals surface area contributed by atoms with Crippen LogP contribution >= 0.6 is 0 Å². The normalized spacial score (nSPS) is 17.2. The highest BCUT2D eigenvalue weighted by Gasteiger charge is 2.45. The van der Waals surface area contributed by atoms with Gasteiger partial charge in [0.05, 0.1) is 12.0 Å². The molecule has 0 aliphatic heterocycles. The molecule has 4 heteroatoms. The van der Waals surface area contributed by atoms with Crippen molar-refractivity contribution in [3.8, 4) is 0 Å². The molecular weight excluding hydrogens is 218 g/mol. The predicted molar refractivity (Wildman–Crippen MR) is 65.2 cm³/mol. The monoisotopic (exact) mass is 235 g/mol. The number of carboxylic acids is 1. The molecule has 0 heterocycles. The second-order valence-corrected chi connectivity index (χ2v) is 4.47. The van der Waals surface area contributed by atoms with E-state index >= 15 is 0 Å². The number of nitrogens with one attached hydrogen (secondary N) is 1. The van der Waals surface area contributed by atoms with E-state index < -0.39 is 11.4 Å². The predicted octanol–water partition coefficient (Wildman–Crippen LogP) is 1.60. The molecule has 2 rings (SSSR count). The largest absolute Gasteiger partial charge is 0.481 e. The summed E-state index contributed by atoms with van der Waals surface area (Å²) in [4.78, 5) is 11.3. The molecule has 4 nitrogen and oxygen atoms in total. The Labute approximate surface area is 100 Å². The Morgan fingerprint density at radius 3 is 2.35 bits per heavy atom. The smallest absolute Gasteiger partial charge is 0.314 e. The van der Waals surface area contributed by atoms with Crippen molar-refractivity contribution >= 4 is 11.7 Å². The first-order chi connectivity index (χ1) is 8.19. The molecule has 92 valence electrons. The van der Waals surface area contributed by atoms with Crippen LogP contribution in [0.1, 0.15) is 24.8 Å². The molecule has 0 atom stereocenters. The lowest BCUT2D eigenvalue weighted by Gasteiger charge is -2.38. The topological polar surface area (TPSA) is 69.6 Å². The molecule has 0 aromatic heterocycles. The Balaban J connectivity index is 2.14. The average molecular weight is 235 g/mol. The maximum absolute atomic E-state index is 11.3. The number of aliphatic hydroxyl groups is 1. The Bertz CT molecular complexity index is 396. The summed E-state index contributed by atoms with van der Waals surface area (Å²) < 4.78 is 0. The van der Waals surface area contributed by atoms with Gasteiger partial charge >= 0.3 is 5.97 Å². The van der Waals surface area contributed by atoms with Crippen LogP contribution in [0.3, 0.4) is 0 Å². The molecule has 0 saturated heterocycles. The van der Waals surface area contributed by atoms with Crippen molar-refractivity contribution < 1.29 is 15.0 Å². The second kappa shape index (κ2) is 4.75. The van der Waals surface area contributed by atoms with Crippen LogP contribution in [0.25, 0.3) is 0 Å². The third-order valence-electron chi connectivity index (χ3n) is 3.49. The van der Waals surface area contributed by atoms with Crippen molar-refractivity contribution in [3.63, 3.8) is 0 Å². The number of rotatable bonds is 5. The fourth-order valence-electron chi connectivity index (χ4n) is 2.26. The minimum Gasteiger partial charge on any atom is -0.481 e. The van der Waals surface area contributed by atoms with Gasteiger partial charge in [-0.15, -0.1) is 0 Å². The maximum Gasteiger partial charge on any atom is 0.314 e. The Hall–Kier alpha value is -1.55. The molecule has 1 aromatic carbocycles. The minimum atomic E-state index is -0.722. The van der Waals surface area contributed by atoms with Gasteiger partial charge in [0.15, 0.2) is 0 Å². The third kappa shape index (κ3) is 2.13. The van der Waals surface area contributed by atoms with Gasteiger partial charge in [-0.3, -0.25) is 4.79 Å². The van der Waals surface area contributed by atoms with E-state index in [2.05, 4.69) is 5.32 Å². The van der Waals surface area contributed by atoms with Crippen LogP contribution in [0.15, 0.2) is 24.3 Å². The van der Waals surface area contributed by atoms with Crippen molar-refractivity contribution in [1.82, 2.24) is 0 Å². The lowest BCUT2D eigenvalue weighted by Crippen LogP contribution is -2.42. The van der Waals surface area contributed by atoms with Crippen molar-refractivity contribution in [2.45, 2.75) is 24.7 Å². The van der Waals surface area contributed by atoms with E-state index in [0.717, 1.165) is 30.5 Å². The fraction of sp³-hybridized carbons (Fsp3) is 0.462. The van der Waals surface area contributed by atoms with E-state index in [1.54, 1.807) is 0 Å². The maximum atomic E-state index is 11.3. The van der Waals surface area contributed by atoms with E-state index in [0.29, 0.717) is 6.54 Å². The van der Waals surface area contributed by atoms with Gasteiger partial charge in [0.1, 0.15) is 0 Å². The minimum absolute atomic E-state index is 0.0841. The SMILES string of the molecule is O=C(O)C1(c2ccc(NCCO)cc2)CCC1. The molecule has 1 fully saturated rings. The van der Waals surface area contributed by atoms with Crippen LogP contribution in [-0.2, 0) is 10.2 Å². The van der Waals surface area contributed by atoms with Crippen molar-refractivity contribution in [2.75, 3.05) is 18.5 Å². The standard InChI is InChI=1S/C13H17NO3/c15-9-8-14-11-4-2-10(3-5-11)13(12(16)17)6-1-7-13/h2-5,14-15H,1,6-9H2,(H,16,17). The fourth-order valence-corrected chi connectivity index (χ4v) is 2.26. The van der Waals surface area contributed by atoms with Crippen LogP contribution < -0.4 is 5.32 Å². The zero-order valence-electron chi connectivity index (χ0n) is 9.65. The number of anilines is 1. The number of aliphatic carboxylic acids is 1. The number of aliphatic hydroxyl groups excluding tert-OH is 1. The quantitative estimate of drug-likeness (QED) is 0.725. The lowest BCUT2D eigenvalue weighted by molar-refractivity contribution is -0.147. The Morgan fingerprint density at radius 2 is 1.94 bits per heavy atom. The molecule has 1 saturated carbocycles. The molecular formula is C13H17NO3. The molecule has 0 bridgehead atoms. The van der Waals surface area contributed by atoms with Gasteiger partial charge in [-0.05, 0) is 30.5 Å². The third-order valence-corrected chi connectivity index (χ3v) is 3.49. The van der Waals surface area contributed by atoms with E-state index in [9.17, 15) is 9.90 Å². The molecule has 1 aliphatic carbocycles. The number of carboxylic acid groups (broad SMARTS) is 1. The van der Waals surface area contributed by atoms with E-state index in [1.165, 1.54) is 0 Å². The van der Waals surface area contributed by atoms with Crippen LogP contribution in [0.2, 0.25) is 0 Å². The number of hydrogen-bond donors (Lipinski definition) is 3. The molecule has 1 aromatic rings. The summed E-state index contributed by atoms with van der Waals surface area (Å²) in [7, 11) is 0. The summed E-state index contributed by atoms with van der Waals surface area (Å²) in [6.07, 6.45) is 2.44. The van der Waals surface area contributed by atoms with Gasteiger partial charge in [0.2, 0.25) is 0 Å². The highest BCUT2D eigenvalue weighted by atomic mass is 16.4. The van der Waals surface area contributed by atoms with E-state index in [-0.39, 0.29) is 6.61 Å². The molecule has 17 heavy (non-hydrogen) atoms. The Morgan fingerprint density at radius 1 is 1.29 bits per heavy atom. The summed E-state index contributed by atoms with van der Waals surface area (Å²) in [5.74, 6) is -0.722. The van der Waals surface area contributed by atoms with Crippen LogP contribution in [0.5, 0.6) is 0 Å². The van der Waals surface area contributed by atoms with Crippen molar-refractivity contribution in [3.05, 3.63) is 29.8 Å². The van der Waals surface area contributed by atoms with Crippen LogP contribution in [0, 0.1) is 0 Å². The number of carbonyl (C=O) groups is 1. The van der Waals surface area contributed by atoms with Crippen molar-refractivity contribution in [1.29, 1.82) is 0 Å². The van der Waals surface area contributed by atoms with Crippen molar-refractivity contribution in [2.24, 2.45) is 0 Å². The van der Waals surface area contributed by atoms with Gasteiger partial charge in [-0.25, -0.2) is 0 Å². The van der Waals surface area contributed by atoms with Crippen LogP contribution in [-0.4, -0.2) is 29.3 Å². The summed E-state index contributed by atoms with van der Waals surface area (Å²) in [5, 5.41) is 21.0. The van der Waals surface area contributed by atoms with Crippen LogP contribution in [0.4, 0.5) is 5.69 Å². The highest BCUT2D eigenvalue weighted by Crippen LogP contribution is 2.44. The molecule has 1 aliphatic rings. The van der Waals surface area contributed by atoms with Gasteiger partial charge in [-0.2, -0.15) is 0 Å². The first-order valence-corrected chi connectivity index (χ1v) is 5.88. The summed E-state index contributed by atoms with van der Waals surface area (Å²) in [6.45, 7) is 0.588. The second-order valence-electron chi connectivity index (χ2n) is 4.47. The first-order valence-electron chi connectivity index (χ1n) is 5.88. The molecule has 3 N–H and O–H groups in total. The highest BCUT2D eigenvalue weighted by molar-refractivity contribution is 5.82. The molecule has 0 unspecified atom stereocenters. The Kier molecular flexibility index (Phi) is 3.33. The zero-order valence-corrected chi connectivity index (χ0v) is 9.65. The average Bonchev–Trinajstić information content (AvgIpc) is 2.26.